The topological polar surface area (TPSA) is 0 Å². The first-order valence-corrected chi connectivity index (χ1v) is 7.36. The molecule has 0 fully saturated rings. The summed E-state index contributed by atoms with van der Waals surface area (Å²) in [6.07, 6.45) is 2.38. The maximum Gasteiger partial charge on any atom is -0.00704 e. The van der Waals surface area contributed by atoms with E-state index >= 15 is 0 Å². The Kier molecular flexibility index (Phi) is 4.57. The molecule has 0 atom stereocenters. The molecule has 0 heteroatoms. The molecule has 102 valence electrons. The molecule has 0 unspecified atom stereocenters. The number of hydrogen-bond donors (Lipinski definition) is 0. The second-order valence-electron chi connectivity index (χ2n) is 4.60. The van der Waals surface area contributed by atoms with Crippen LogP contribution >= 0.6 is 0 Å². The fourth-order valence-corrected chi connectivity index (χ4v) is 2.99. The van der Waals surface area contributed by atoms with E-state index in [4.69, 9.17) is 0 Å². The second kappa shape index (κ2) is 6.38. The molecule has 20 heavy (non-hydrogen) atoms. The van der Waals surface area contributed by atoms with E-state index in [9.17, 15) is 0 Å². The Hall–Kier alpha value is -2.08. The molecule has 0 bridgehead atoms. The average Bonchev–Trinajstić information content (AvgIpc) is 2.57. The van der Waals surface area contributed by atoms with Gasteiger partial charge in [0.2, 0.25) is 0 Å². The molecule has 0 spiro atoms. The van der Waals surface area contributed by atoms with Gasteiger partial charge in [0.05, 0.1) is 0 Å². The van der Waals surface area contributed by atoms with E-state index in [0.29, 0.717) is 0 Å². The van der Waals surface area contributed by atoms with Gasteiger partial charge in [0, 0.05) is 0 Å². The van der Waals surface area contributed by atoms with Gasteiger partial charge in [0.15, 0.2) is 0 Å². The zero-order valence-electron chi connectivity index (χ0n) is 12.4. The highest BCUT2D eigenvalue weighted by Gasteiger charge is 2.13. The molecule has 0 amide bonds. The third kappa shape index (κ3) is 2.22. The van der Waals surface area contributed by atoms with Crippen LogP contribution in [0.5, 0.6) is 0 Å². The van der Waals surface area contributed by atoms with E-state index in [2.05, 4.69) is 61.7 Å². The number of rotatable bonds is 0. The zero-order chi connectivity index (χ0) is 14.5. The summed E-state index contributed by atoms with van der Waals surface area (Å²) < 4.78 is 0. The zero-order valence-corrected chi connectivity index (χ0v) is 12.4. The lowest BCUT2D eigenvalue weighted by Crippen LogP contribution is -2.00. The molecule has 3 aromatic rings. The van der Waals surface area contributed by atoms with Crippen LogP contribution in [0, 0.1) is 0 Å². The summed E-state index contributed by atoms with van der Waals surface area (Å²) in [4.78, 5) is 0. The number of benzene rings is 3. The summed E-state index contributed by atoms with van der Waals surface area (Å²) in [5, 5.41) is 5.75. The van der Waals surface area contributed by atoms with Gasteiger partial charge in [-0.3, -0.25) is 0 Å². The Bertz CT molecular complexity index is 660. The summed E-state index contributed by atoms with van der Waals surface area (Å²) >= 11 is 0. The van der Waals surface area contributed by atoms with Crippen LogP contribution in [0.2, 0.25) is 0 Å². The summed E-state index contributed by atoms with van der Waals surface area (Å²) in [7, 11) is 0. The first kappa shape index (κ1) is 14.3. The molecule has 0 heterocycles. The third-order valence-electron chi connectivity index (χ3n) is 3.72. The van der Waals surface area contributed by atoms with Crippen molar-refractivity contribution in [1.82, 2.24) is 0 Å². The highest BCUT2D eigenvalue weighted by molar-refractivity contribution is 6.11. The molecule has 0 saturated heterocycles. The summed E-state index contributed by atoms with van der Waals surface area (Å²) in [5.41, 5.74) is 3.03. The molecule has 1 aliphatic carbocycles. The Morgan fingerprint density at radius 1 is 0.650 bits per heavy atom. The van der Waals surface area contributed by atoms with Crippen molar-refractivity contribution >= 4 is 21.5 Å². The van der Waals surface area contributed by atoms with Gasteiger partial charge < -0.3 is 0 Å². The van der Waals surface area contributed by atoms with Crippen molar-refractivity contribution in [2.45, 2.75) is 26.7 Å². The predicted octanol–water partition coefficient (Wildman–Crippen LogP) is 5.92. The van der Waals surface area contributed by atoms with E-state index in [1.165, 1.54) is 45.5 Å². The van der Waals surface area contributed by atoms with E-state index < -0.39 is 0 Å². The van der Waals surface area contributed by atoms with Crippen LogP contribution in [-0.4, -0.2) is 0 Å². The maximum absolute atomic E-state index is 3.00. The number of hydrogen-bond acceptors (Lipinski definition) is 0. The van der Waals surface area contributed by atoms with Crippen molar-refractivity contribution in [2.75, 3.05) is 0 Å². The van der Waals surface area contributed by atoms with Gasteiger partial charge in [-0.1, -0.05) is 62.4 Å². The van der Waals surface area contributed by atoms with Crippen LogP contribution in [0.25, 0.3) is 21.5 Å². The molecule has 3 aromatic carbocycles. The predicted molar refractivity (Wildman–Crippen MR) is 91.5 cm³/mol. The SMILES string of the molecule is C=C.CC.c1cc2c3c(c1)ccc1cccc(c13)CC2. The largest absolute Gasteiger partial charge is 0.106 e. The standard InChI is InChI=1S/C16H12.C2H6.C2H4/c1-3-11-7-9-13-5-2-6-14-10-8-12(4-1)15(11)16(13)14;2*1-2/h1-7,9H,8,10H2;1-2H3;1-2H2. The fourth-order valence-electron chi connectivity index (χ4n) is 2.99. The minimum Gasteiger partial charge on any atom is -0.106 e. The normalized spacial score (nSPS) is 11.5. The van der Waals surface area contributed by atoms with Crippen LogP contribution in [0.15, 0.2) is 61.7 Å². The Morgan fingerprint density at radius 3 is 1.45 bits per heavy atom. The molecular formula is C20H22. The lowest BCUT2D eigenvalue weighted by Gasteiger charge is -2.18. The van der Waals surface area contributed by atoms with Gasteiger partial charge in [-0.15, -0.1) is 13.2 Å². The van der Waals surface area contributed by atoms with E-state index in [1.807, 2.05) is 13.8 Å². The molecule has 0 aliphatic heterocycles. The van der Waals surface area contributed by atoms with Crippen LogP contribution in [0.3, 0.4) is 0 Å². The lowest BCUT2D eigenvalue weighted by atomic mass is 9.86. The van der Waals surface area contributed by atoms with Gasteiger partial charge in [-0.05, 0) is 45.5 Å². The lowest BCUT2D eigenvalue weighted by molar-refractivity contribution is 0.968. The van der Waals surface area contributed by atoms with E-state index in [-0.39, 0.29) is 0 Å². The molecular weight excluding hydrogens is 240 g/mol. The van der Waals surface area contributed by atoms with Crippen LogP contribution in [0.4, 0.5) is 0 Å². The van der Waals surface area contributed by atoms with Gasteiger partial charge in [0.1, 0.15) is 0 Å². The van der Waals surface area contributed by atoms with Gasteiger partial charge in [-0.2, -0.15) is 0 Å². The summed E-state index contributed by atoms with van der Waals surface area (Å²) in [6, 6.07) is 17.8. The molecule has 0 nitrogen and oxygen atoms in total. The second-order valence-corrected chi connectivity index (χ2v) is 4.60. The Balaban J connectivity index is 0.000000340. The quantitative estimate of drug-likeness (QED) is 0.348. The fraction of sp³-hybridized carbons (Fsp3) is 0.200. The van der Waals surface area contributed by atoms with Crippen molar-refractivity contribution < 1.29 is 0 Å². The minimum atomic E-state index is 1.19. The minimum absolute atomic E-state index is 1.19. The molecule has 0 N–H and O–H groups in total. The Morgan fingerprint density at radius 2 is 1.05 bits per heavy atom. The van der Waals surface area contributed by atoms with Gasteiger partial charge in [0.25, 0.3) is 0 Å². The molecule has 0 aromatic heterocycles. The van der Waals surface area contributed by atoms with Crippen molar-refractivity contribution in [1.29, 1.82) is 0 Å². The van der Waals surface area contributed by atoms with Crippen LogP contribution < -0.4 is 0 Å². The highest BCUT2D eigenvalue weighted by Crippen LogP contribution is 2.35. The van der Waals surface area contributed by atoms with Crippen molar-refractivity contribution in [3.63, 3.8) is 0 Å². The van der Waals surface area contributed by atoms with Crippen molar-refractivity contribution in [3.8, 4) is 0 Å². The summed E-state index contributed by atoms with van der Waals surface area (Å²) in [6.45, 7) is 10.0. The first-order valence-electron chi connectivity index (χ1n) is 7.36. The van der Waals surface area contributed by atoms with Gasteiger partial charge in [-0.25, -0.2) is 0 Å². The monoisotopic (exact) mass is 262 g/mol. The van der Waals surface area contributed by atoms with Gasteiger partial charge >= 0.3 is 0 Å². The van der Waals surface area contributed by atoms with E-state index in [0.717, 1.165) is 0 Å². The molecule has 1 aliphatic rings. The smallest absolute Gasteiger partial charge is 0.00704 e. The van der Waals surface area contributed by atoms with Crippen molar-refractivity contribution in [3.05, 3.63) is 72.8 Å². The highest BCUT2D eigenvalue weighted by atomic mass is 14.2. The van der Waals surface area contributed by atoms with E-state index in [1.54, 1.807) is 0 Å². The Labute approximate surface area is 121 Å². The molecule has 0 radical (unpaired) electrons. The first-order chi connectivity index (χ1) is 9.93. The van der Waals surface area contributed by atoms with Crippen LogP contribution in [0.1, 0.15) is 25.0 Å². The molecule has 0 saturated carbocycles. The van der Waals surface area contributed by atoms with Crippen molar-refractivity contribution in [2.24, 2.45) is 0 Å². The van der Waals surface area contributed by atoms with Crippen LogP contribution in [-0.2, 0) is 12.8 Å². The number of aryl methyl sites for hydroxylation is 2. The summed E-state index contributed by atoms with van der Waals surface area (Å²) in [5.74, 6) is 0. The maximum atomic E-state index is 3.00. The third-order valence-corrected chi connectivity index (χ3v) is 3.72. The average molecular weight is 262 g/mol. The molecule has 4 rings (SSSR count).